The van der Waals surface area contributed by atoms with Crippen LogP contribution in [0.2, 0.25) is 0 Å². The maximum Gasteiger partial charge on any atom is 0.311 e. The maximum atomic E-state index is 13.4. The summed E-state index contributed by atoms with van der Waals surface area (Å²) in [7, 11) is -2.79. The number of nitro benzene ring substituents is 1. The molecule has 3 aromatic rings. The van der Waals surface area contributed by atoms with E-state index in [1.54, 1.807) is 30.3 Å². The molecule has 36 heavy (non-hydrogen) atoms. The van der Waals surface area contributed by atoms with Crippen molar-refractivity contribution in [1.82, 2.24) is 5.43 Å². The zero-order valence-corrected chi connectivity index (χ0v) is 20.3. The van der Waals surface area contributed by atoms with Crippen LogP contribution in [0.5, 0.6) is 11.5 Å². The molecule has 188 valence electrons. The van der Waals surface area contributed by atoms with Gasteiger partial charge in [-0.1, -0.05) is 18.2 Å². The third-order valence-corrected chi connectivity index (χ3v) is 6.64. The average molecular weight is 513 g/mol. The fraction of sp³-hybridized carbons (Fsp3) is 0.167. The van der Waals surface area contributed by atoms with E-state index in [0.717, 1.165) is 4.31 Å². The van der Waals surface area contributed by atoms with Crippen LogP contribution in [0.3, 0.4) is 0 Å². The number of anilines is 1. The van der Waals surface area contributed by atoms with Gasteiger partial charge in [0.1, 0.15) is 12.3 Å². The highest BCUT2D eigenvalue weighted by Crippen LogP contribution is 2.27. The second-order valence-electron chi connectivity index (χ2n) is 7.23. The van der Waals surface area contributed by atoms with Crippen molar-refractivity contribution >= 4 is 33.5 Å². The van der Waals surface area contributed by atoms with Gasteiger partial charge in [-0.15, -0.1) is 0 Å². The van der Waals surface area contributed by atoms with E-state index in [2.05, 4.69) is 10.5 Å². The Morgan fingerprint density at radius 3 is 2.42 bits per heavy atom. The van der Waals surface area contributed by atoms with Gasteiger partial charge >= 0.3 is 5.69 Å². The Balaban J connectivity index is 1.80. The van der Waals surface area contributed by atoms with Gasteiger partial charge in [0.25, 0.3) is 15.9 Å². The van der Waals surface area contributed by atoms with Crippen LogP contribution in [0.4, 0.5) is 11.4 Å². The summed E-state index contributed by atoms with van der Waals surface area (Å²) in [6, 6.07) is 18.2. The van der Waals surface area contributed by atoms with E-state index in [9.17, 15) is 23.3 Å². The smallest absolute Gasteiger partial charge is 0.311 e. The van der Waals surface area contributed by atoms with Gasteiger partial charge in [-0.2, -0.15) is 5.10 Å². The summed E-state index contributed by atoms with van der Waals surface area (Å²) in [4.78, 5) is 23.2. The van der Waals surface area contributed by atoms with Crippen molar-refractivity contribution in [2.45, 2.75) is 11.8 Å². The van der Waals surface area contributed by atoms with E-state index in [0.29, 0.717) is 17.9 Å². The molecule has 1 N–H and O–H groups in total. The van der Waals surface area contributed by atoms with Crippen molar-refractivity contribution in [2.24, 2.45) is 5.10 Å². The second kappa shape index (κ2) is 11.8. The summed E-state index contributed by atoms with van der Waals surface area (Å²) in [5.74, 6) is -0.111. The third-order valence-electron chi connectivity index (χ3n) is 4.86. The standard InChI is InChI=1S/C24H24N4O7S/c1-3-35-20-10-12-21(13-11-20)36(32,33)27(19-7-5-4-6-8-19)17-24(29)26-25-16-18-9-14-23(34-2)22(15-18)28(30)31/h4-16H,3,17H2,1-2H3,(H,26,29)/b25-16+. The van der Waals surface area contributed by atoms with Gasteiger partial charge in [-0.05, 0) is 55.5 Å². The molecule has 0 heterocycles. The number of hydrogen-bond acceptors (Lipinski definition) is 8. The number of carbonyl (C=O) groups is 1. The van der Waals surface area contributed by atoms with Crippen LogP contribution < -0.4 is 19.2 Å². The molecule has 0 aliphatic rings. The summed E-state index contributed by atoms with van der Waals surface area (Å²) in [6.07, 6.45) is 1.21. The second-order valence-corrected chi connectivity index (χ2v) is 9.10. The largest absolute Gasteiger partial charge is 0.494 e. The van der Waals surface area contributed by atoms with Gasteiger partial charge < -0.3 is 9.47 Å². The average Bonchev–Trinajstić information content (AvgIpc) is 2.88. The molecular weight excluding hydrogens is 488 g/mol. The first-order chi connectivity index (χ1) is 17.3. The topological polar surface area (TPSA) is 140 Å². The summed E-state index contributed by atoms with van der Waals surface area (Å²) >= 11 is 0. The van der Waals surface area contributed by atoms with E-state index in [-0.39, 0.29) is 22.0 Å². The Labute approximate surface area is 208 Å². The molecule has 11 nitrogen and oxygen atoms in total. The normalized spacial score (nSPS) is 11.2. The first kappa shape index (κ1) is 26.2. The number of benzene rings is 3. The summed E-state index contributed by atoms with van der Waals surface area (Å²) in [5, 5.41) is 15.0. The number of amides is 1. The lowest BCUT2D eigenvalue weighted by Gasteiger charge is -2.23. The Hall–Kier alpha value is -4.45. The number of rotatable bonds is 11. The molecule has 0 bridgehead atoms. The van der Waals surface area contributed by atoms with Crippen LogP contribution in [0.15, 0.2) is 82.8 Å². The summed E-state index contributed by atoms with van der Waals surface area (Å²) < 4.78 is 38.1. The van der Waals surface area contributed by atoms with Crippen molar-refractivity contribution in [2.75, 3.05) is 24.6 Å². The first-order valence-electron chi connectivity index (χ1n) is 10.7. The molecule has 3 rings (SSSR count). The Kier molecular flexibility index (Phi) is 8.57. The summed E-state index contributed by atoms with van der Waals surface area (Å²) in [6.45, 7) is 1.70. The molecule has 0 aromatic heterocycles. The number of methoxy groups -OCH3 is 1. The molecule has 0 spiro atoms. The molecule has 0 saturated carbocycles. The minimum Gasteiger partial charge on any atom is -0.494 e. The molecule has 0 atom stereocenters. The SMILES string of the molecule is CCOc1ccc(S(=O)(=O)N(CC(=O)N/N=C/c2ccc(OC)c([N+](=O)[O-])c2)c2ccccc2)cc1. The van der Waals surface area contributed by atoms with Gasteiger partial charge in [-0.25, -0.2) is 13.8 Å². The highest BCUT2D eigenvalue weighted by molar-refractivity contribution is 7.92. The van der Waals surface area contributed by atoms with E-state index in [4.69, 9.17) is 9.47 Å². The van der Waals surface area contributed by atoms with Gasteiger partial charge in [0.05, 0.1) is 35.4 Å². The highest BCUT2D eigenvalue weighted by Gasteiger charge is 2.27. The van der Waals surface area contributed by atoms with Crippen LogP contribution in [-0.4, -0.2) is 45.7 Å². The highest BCUT2D eigenvalue weighted by atomic mass is 32.2. The molecule has 0 unspecified atom stereocenters. The Morgan fingerprint density at radius 2 is 1.81 bits per heavy atom. The zero-order chi connectivity index (χ0) is 26.1. The number of para-hydroxylation sites is 1. The quantitative estimate of drug-likeness (QED) is 0.236. The van der Waals surface area contributed by atoms with Crippen LogP contribution in [0.1, 0.15) is 12.5 Å². The molecule has 0 saturated heterocycles. The van der Waals surface area contributed by atoms with Gasteiger partial charge in [-0.3, -0.25) is 19.2 Å². The van der Waals surface area contributed by atoms with Crippen LogP contribution in [-0.2, 0) is 14.8 Å². The number of sulfonamides is 1. The molecule has 0 fully saturated rings. The van der Waals surface area contributed by atoms with Crippen molar-refractivity contribution in [1.29, 1.82) is 0 Å². The predicted molar refractivity (Wildman–Crippen MR) is 134 cm³/mol. The number of ether oxygens (including phenoxy) is 2. The Morgan fingerprint density at radius 1 is 1.11 bits per heavy atom. The number of nitro groups is 1. The van der Waals surface area contributed by atoms with Crippen LogP contribution in [0, 0.1) is 10.1 Å². The fourth-order valence-corrected chi connectivity index (χ4v) is 4.61. The molecule has 12 heteroatoms. The van der Waals surface area contributed by atoms with E-state index >= 15 is 0 Å². The molecule has 3 aromatic carbocycles. The van der Waals surface area contributed by atoms with Gasteiger partial charge in [0.2, 0.25) is 0 Å². The van der Waals surface area contributed by atoms with Crippen molar-refractivity contribution in [3.05, 3.63) is 88.5 Å². The molecule has 1 amide bonds. The maximum absolute atomic E-state index is 13.4. The Bertz CT molecular complexity index is 1340. The van der Waals surface area contributed by atoms with Crippen molar-refractivity contribution in [3.8, 4) is 11.5 Å². The van der Waals surface area contributed by atoms with Crippen molar-refractivity contribution < 1.29 is 27.6 Å². The minimum absolute atomic E-state index is 0.0170. The molecule has 0 radical (unpaired) electrons. The minimum atomic E-state index is -4.10. The number of hydrogen-bond donors (Lipinski definition) is 1. The number of nitrogens with one attached hydrogen (secondary N) is 1. The van der Waals surface area contributed by atoms with E-state index in [1.165, 1.54) is 55.8 Å². The molecule has 0 aliphatic heterocycles. The number of nitrogens with zero attached hydrogens (tertiary/aromatic N) is 3. The lowest BCUT2D eigenvalue weighted by Crippen LogP contribution is -2.39. The van der Waals surface area contributed by atoms with Gasteiger partial charge in [0.15, 0.2) is 5.75 Å². The predicted octanol–water partition coefficient (Wildman–Crippen LogP) is 3.35. The van der Waals surface area contributed by atoms with E-state index < -0.39 is 27.4 Å². The van der Waals surface area contributed by atoms with E-state index in [1.807, 2.05) is 6.92 Å². The van der Waals surface area contributed by atoms with Crippen LogP contribution >= 0.6 is 0 Å². The van der Waals surface area contributed by atoms with Gasteiger partial charge in [0, 0.05) is 11.6 Å². The van der Waals surface area contributed by atoms with Crippen molar-refractivity contribution in [3.63, 3.8) is 0 Å². The lowest BCUT2D eigenvalue weighted by atomic mass is 10.2. The third kappa shape index (κ3) is 6.36. The summed E-state index contributed by atoms with van der Waals surface area (Å²) in [5.41, 5.74) is 2.63. The first-order valence-corrected chi connectivity index (χ1v) is 12.1. The number of carbonyl (C=O) groups excluding carboxylic acids is 1. The fourth-order valence-electron chi connectivity index (χ4n) is 3.19. The zero-order valence-electron chi connectivity index (χ0n) is 19.5. The number of hydrazone groups is 1. The molecular formula is C24H24N4O7S. The molecule has 0 aliphatic carbocycles. The lowest BCUT2D eigenvalue weighted by molar-refractivity contribution is -0.385. The monoisotopic (exact) mass is 512 g/mol. The van der Waals surface area contributed by atoms with Crippen LogP contribution in [0.25, 0.3) is 0 Å².